The lowest BCUT2D eigenvalue weighted by Crippen LogP contribution is -2.65. The van der Waals surface area contributed by atoms with E-state index in [0.717, 1.165) is 44.9 Å². The van der Waals surface area contributed by atoms with E-state index in [9.17, 15) is 24.3 Å². The summed E-state index contributed by atoms with van der Waals surface area (Å²) in [4.78, 5) is 53.4. The Hall–Kier alpha value is -2.18. The molecular formula is C36H57NO6. The summed E-state index contributed by atoms with van der Waals surface area (Å²) in [6, 6.07) is 0. The van der Waals surface area contributed by atoms with Crippen LogP contribution in [0.1, 0.15) is 120 Å². The highest BCUT2D eigenvalue weighted by Crippen LogP contribution is 2.73. The number of carboxylic acids is 1. The van der Waals surface area contributed by atoms with E-state index in [1.165, 1.54) is 17.6 Å². The summed E-state index contributed by atoms with van der Waals surface area (Å²) in [5, 5.41) is 9.85. The molecule has 0 radical (unpaired) electrons. The molecule has 4 aliphatic carbocycles. The summed E-state index contributed by atoms with van der Waals surface area (Å²) in [7, 11) is 3.02. The van der Waals surface area contributed by atoms with E-state index < -0.39 is 17.4 Å². The van der Waals surface area contributed by atoms with Gasteiger partial charge in [0.1, 0.15) is 6.54 Å². The minimum atomic E-state index is -0.721. The molecule has 0 heterocycles. The third-order valence-corrected chi connectivity index (χ3v) is 14.1. The van der Waals surface area contributed by atoms with Crippen LogP contribution >= 0.6 is 0 Å². The lowest BCUT2D eigenvalue weighted by atomic mass is 9.34. The number of fused-ring (bicyclic) bond motifs is 5. The molecule has 8 atom stereocenters. The van der Waals surface area contributed by atoms with Crippen molar-refractivity contribution in [3.05, 3.63) is 11.6 Å². The molecular weight excluding hydrogens is 542 g/mol. The molecule has 0 unspecified atom stereocenters. The zero-order valence-electron chi connectivity index (χ0n) is 28.5. The third-order valence-electron chi connectivity index (χ3n) is 14.1. The first-order chi connectivity index (χ1) is 19.7. The number of carbonyl (C=O) groups is 4. The van der Waals surface area contributed by atoms with Crippen molar-refractivity contribution in [2.75, 3.05) is 20.7 Å². The maximum atomic E-state index is 14.4. The largest absolute Gasteiger partial charge is 0.481 e. The Morgan fingerprint density at radius 3 is 2.28 bits per heavy atom. The molecule has 0 aliphatic heterocycles. The zero-order chi connectivity index (χ0) is 32.4. The van der Waals surface area contributed by atoms with Gasteiger partial charge >= 0.3 is 11.9 Å². The number of allylic oxidation sites excluding steroid dienone is 2. The third kappa shape index (κ3) is 5.18. The number of rotatable bonds is 8. The van der Waals surface area contributed by atoms with Gasteiger partial charge in [0, 0.05) is 18.9 Å². The highest BCUT2D eigenvalue weighted by atomic mass is 16.5. The van der Waals surface area contributed by atoms with E-state index >= 15 is 0 Å². The molecule has 0 spiro atoms. The molecule has 0 bridgehead atoms. The van der Waals surface area contributed by atoms with E-state index in [0.29, 0.717) is 19.3 Å². The summed E-state index contributed by atoms with van der Waals surface area (Å²) in [5.41, 5.74) is -0.257. The average molecular weight is 600 g/mol. The lowest BCUT2D eigenvalue weighted by Gasteiger charge is -2.69. The Kier molecular flexibility index (Phi) is 8.63. The van der Waals surface area contributed by atoms with Gasteiger partial charge in [-0.2, -0.15) is 0 Å². The minimum absolute atomic E-state index is 0.0106. The Labute approximate surface area is 259 Å². The van der Waals surface area contributed by atoms with Crippen molar-refractivity contribution in [2.45, 2.75) is 120 Å². The first-order valence-electron chi connectivity index (χ1n) is 16.5. The molecule has 3 saturated carbocycles. The first kappa shape index (κ1) is 33.7. The summed E-state index contributed by atoms with van der Waals surface area (Å²) < 4.78 is 4.80. The predicted octanol–water partition coefficient (Wildman–Crippen LogP) is 7.08. The van der Waals surface area contributed by atoms with Crippen LogP contribution < -0.4 is 0 Å². The number of methoxy groups -OCH3 is 1. The summed E-state index contributed by atoms with van der Waals surface area (Å²) >= 11 is 0. The number of carbonyl (C=O) groups excluding carboxylic acids is 3. The van der Waals surface area contributed by atoms with E-state index in [1.54, 1.807) is 7.05 Å². The Morgan fingerprint density at radius 1 is 1.05 bits per heavy atom. The van der Waals surface area contributed by atoms with Crippen molar-refractivity contribution in [2.24, 2.45) is 50.2 Å². The Morgan fingerprint density at radius 2 is 1.70 bits per heavy atom. The molecule has 4 aliphatic rings. The van der Waals surface area contributed by atoms with Crippen LogP contribution in [0.25, 0.3) is 0 Å². The molecule has 7 heteroatoms. The second kappa shape index (κ2) is 11.0. The van der Waals surface area contributed by atoms with Crippen LogP contribution in [0.5, 0.6) is 0 Å². The highest BCUT2D eigenvalue weighted by molar-refractivity contribution is 5.95. The van der Waals surface area contributed by atoms with E-state index in [-0.39, 0.29) is 63.1 Å². The quantitative estimate of drug-likeness (QED) is 0.299. The number of amides is 1. The van der Waals surface area contributed by atoms with Crippen molar-refractivity contribution in [1.82, 2.24) is 4.90 Å². The Bertz CT molecular complexity index is 1210. The van der Waals surface area contributed by atoms with Gasteiger partial charge in [-0.05, 0) is 110 Å². The van der Waals surface area contributed by atoms with Gasteiger partial charge in [0.15, 0.2) is 5.78 Å². The Balaban J connectivity index is 1.62. The maximum absolute atomic E-state index is 14.4. The van der Waals surface area contributed by atoms with Crippen LogP contribution in [0.15, 0.2) is 11.6 Å². The normalized spacial score (nSPS) is 39.7. The number of ketones is 1. The molecule has 0 aromatic heterocycles. The molecule has 3 fully saturated rings. The number of carboxylic acid groups (broad SMARTS) is 1. The number of hydrogen-bond donors (Lipinski definition) is 1. The van der Waals surface area contributed by atoms with E-state index in [4.69, 9.17) is 4.74 Å². The molecule has 43 heavy (non-hydrogen) atoms. The number of aliphatic carboxylic acids is 1. The second-order valence-electron chi connectivity index (χ2n) is 16.7. The van der Waals surface area contributed by atoms with Gasteiger partial charge in [-0.3, -0.25) is 19.2 Å². The summed E-state index contributed by atoms with van der Waals surface area (Å²) in [6.07, 6.45) is 10.4. The smallest absolute Gasteiger partial charge is 0.325 e. The second-order valence-corrected chi connectivity index (χ2v) is 16.7. The van der Waals surface area contributed by atoms with Gasteiger partial charge in [0.25, 0.3) is 0 Å². The fourth-order valence-electron chi connectivity index (χ4n) is 10.5. The van der Waals surface area contributed by atoms with Gasteiger partial charge in [0.2, 0.25) is 5.91 Å². The van der Waals surface area contributed by atoms with Gasteiger partial charge in [-0.25, -0.2) is 0 Å². The summed E-state index contributed by atoms with van der Waals surface area (Å²) in [5.74, 6) is -0.999. The van der Waals surface area contributed by atoms with Crippen molar-refractivity contribution in [1.29, 1.82) is 0 Å². The SMILES string of the molecule is CC[C@](C)(CC[C@]1(C)CC[C@]2(C)C(=CC(=O)[C@@H]3[C@@]4(C)CC[C@H](C(=O)N(C)CC(=O)OC)C(C)(C)[C@@H]4CC[C@]32C)C1)C(=O)O. The molecule has 242 valence electrons. The van der Waals surface area contributed by atoms with Crippen LogP contribution in [0.3, 0.4) is 0 Å². The van der Waals surface area contributed by atoms with Crippen LogP contribution in [0, 0.1) is 50.2 Å². The highest BCUT2D eigenvalue weighted by Gasteiger charge is 2.69. The van der Waals surface area contributed by atoms with Gasteiger partial charge in [-0.15, -0.1) is 0 Å². The van der Waals surface area contributed by atoms with Crippen molar-refractivity contribution in [3.63, 3.8) is 0 Å². The summed E-state index contributed by atoms with van der Waals surface area (Å²) in [6.45, 7) is 17.6. The van der Waals surface area contributed by atoms with Crippen LogP contribution in [0.4, 0.5) is 0 Å². The number of hydrogen-bond acceptors (Lipinski definition) is 5. The molecule has 1 N–H and O–H groups in total. The number of nitrogens with zero attached hydrogens (tertiary/aromatic N) is 1. The molecule has 0 aromatic carbocycles. The molecule has 0 saturated heterocycles. The van der Waals surface area contributed by atoms with Gasteiger partial charge in [-0.1, -0.05) is 54.0 Å². The van der Waals surface area contributed by atoms with Crippen LogP contribution in [-0.4, -0.2) is 54.3 Å². The van der Waals surface area contributed by atoms with E-state index in [1.807, 2.05) is 19.9 Å². The van der Waals surface area contributed by atoms with E-state index in [2.05, 4.69) is 41.5 Å². The maximum Gasteiger partial charge on any atom is 0.325 e. The van der Waals surface area contributed by atoms with Crippen LogP contribution in [0.2, 0.25) is 0 Å². The fourth-order valence-corrected chi connectivity index (χ4v) is 10.5. The van der Waals surface area contributed by atoms with Gasteiger partial charge in [0.05, 0.1) is 12.5 Å². The predicted molar refractivity (Wildman–Crippen MR) is 167 cm³/mol. The molecule has 7 nitrogen and oxygen atoms in total. The molecule has 1 amide bonds. The zero-order valence-corrected chi connectivity index (χ0v) is 28.5. The topological polar surface area (TPSA) is 101 Å². The minimum Gasteiger partial charge on any atom is -0.481 e. The number of ether oxygens (including phenoxy) is 1. The van der Waals surface area contributed by atoms with Crippen molar-refractivity contribution >= 4 is 23.6 Å². The number of likely N-dealkylation sites (N-methyl/N-ethyl adjacent to an activating group) is 1. The van der Waals surface area contributed by atoms with Crippen molar-refractivity contribution in [3.8, 4) is 0 Å². The molecule has 4 rings (SSSR count). The first-order valence-corrected chi connectivity index (χ1v) is 16.5. The monoisotopic (exact) mass is 599 g/mol. The fraction of sp³-hybridized carbons (Fsp3) is 0.833. The van der Waals surface area contributed by atoms with Crippen LogP contribution in [-0.2, 0) is 23.9 Å². The number of esters is 1. The van der Waals surface area contributed by atoms with Crippen molar-refractivity contribution < 1.29 is 29.0 Å². The standard InChI is InChI=1S/C36H57NO6/c1-11-33(5,30(41)42)18-16-32(4)17-19-35(7)23(21-32)20-25(38)28-34(6)14-12-24(29(40)37(9)22-27(39)43-10)31(2,3)26(34)13-15-36(28,35)8/h20,24,26,28H,11-19,21-22H2,1-10H3,(H,41,42)/t24-,26+,28-,32-,33-,34+,35-,36-/m1/s1. The molecule has 0 aromatic rings. The van der Waals surface area contributed by atoms with Gasteiger partial charge < -0.3 is 14.7 Å². The lowest BCUT2D eigenvalue weighted by molar-refractivity contribution is -0.193. The average Bonchev–Trinajstić information content (AvgIpc) is 2.92.